The van der Waals surface area contributed by atoms with Gasteiger partial charge >= 0.3 is 5.97 Å². The summed E-state index contributed by atoms with van der Waals surface area (Å²) in [6.45, 7) is 1.72. The molecule has 2 heterocycles. The summed E-state index contributed by atoms with van der Waals surface area (Å²) in [5, 5.41) is 28.4. The topological polar surface area (TPSA) is 106 Å². The van der Waals surface area contributed by atoms with Crippen LogP contribution in [0.15, 0.2) is 30.5 Å². The molecule has 0 saturated heterocycles. The molecule has 2 N–H and O–H groups in total. The van der Waals surface area contributed by atoms with Crippen molar-refractivity contribution < 1.29 is 15.1 Å². The lowest BCUT2D eigenvalue weighted by molar-refractivity contribution is 0.0696. The molecule has 0 atom stereocenters. The third-order valence-electron chi connectivity index (χ3n) is 2.80. The molecule has 104 valence electrons. The van der Waals surface area contributed by atoms with E-state index in [1.54, 1.807) is 26.1 Å². The third-order valence-corrected chi connectivity index (χ3v) is 2.80. The predicted molar refractivity (Wildman–Crippen MR) is 69.6 cm³/mol. The summed E-state index contributed by atoms with van der Waals surface area (Å²) in [4.78, 5) is 11.1. The van der Waals surface area contributed by atoms with Crippen LogP contribution in [0.1, 0.15) is 16.1 Å². The van der Waals surface area contributed by atoms with E-state index in [9.17, 15) is 4.79 Å². The second kappa shape index (κ2) is 5.39. The number of hydrogen-bond acceptors (Lipinski definition) is 5. The molecule has 0 spiro atoms. The van der Waals surface area contributed by atoms with E-state index in [2.05, 4.69) is 15.4 Å². The minimum Gasteiger partial charge on any atom is -0.478 e. The highest BCUT2D eigenvalue weighted by Crippen LogP contribution is 2.06. The Morgan fingerprint density at radius 3 is 2.50 bits per heavy atom. The largest absolute Gasteiger partial charge is 0.478 e. The average molecular weight is 275 g/mol. The van der Waals surface area contributed by atoms with Crippen molar-refractivity contribution in [1.29, 1.82) is 0 Å². The fourth-order valence-electron chi connectivity index (χ4n) is 1.57. The molecule has 0 aliphatic rings. The van der Waals surface area contributed by atoms with Crippen LogP contribution < -0.4 is 0 Å². The molecule has 0 saturated carbocycles. The molecule has 8 nitrogen and oxygen atoms in total. The lowest BCUT2D eigenvalue weighted by Crippen LogP contribution is -1.99. The van der Waals surface area contributed by atoms with E-state index in [4.69, 9.17) is 10.3 Å². The number of aromatic carboxylic acids is 1. The molecular weight excluding hydrogens is 262 g/mol. The Balaban J connectivity index is 0.000000147. The molecule has 20 heavy (non-hydrogen) atoms. The van der Waals surface area contributed by atoms with Crippen LogP contribution in [-0.2, 0) is 7.05 Å². The van der Waals surface area contributed by atoms with Crippen molar-refractivity contribution in [3.63, 3.8) is 0 Å². The fraction of sp³-hybridized carbons (Fsp3) is 0.167. The zero-order valence-corrected chi connectivity index (χ0v) is 10.9. The van der Waals surface area contributed by atoms with Gasteiger partial charge in [-0.1, -0.05) is 17.0 Å². The van der Waals surface area contributed by atoms with Crippen molar-refractivity contribution in [3.8, 4) is 0 Å². The molecule has 0 aliphatic heterocycles. The van der Waals surface area contributed by atoms with E-state index in [0.29, 0.717) is 16.7 Å². The second-order valence-corrected chi connectivity index (χ2v) is 4.04. The molecule has 3 aromatic rings. The van der Waals surface area contributed by atoms with E-state index in [0.717, 1.165) is 4.85 Å². The Morgan fingerprint density at radius 1 is 1.30 bits per heavy atom. The first-order chi connectivity index (χ1) is 9.50. The standard InChI is InChI=1S/C6H5N3O.C6H8N2O2/c10-9-6-4-2-1-3-5(6)7-8-9;1-4-5(6(9)10)3-7-8(4)2/h1-4,10H;3H,1-2H3,(H,9,10). The number of nitrogens with zero attached hydrogens (tertiary/aromatic N) is 5. The summed E-state index contributed by atoms with van der Waals surface area (Å²) >= 11 is 0. The highest BCUT2D eigenvalue weighted by Gasteiger charge is 2.09. The lowest BCUT2D eigenvalue weighted by Gasteiger charge is -1.92. The maximum Gasteiger partial charge on any atom is 0.339 e. The molecular formula is C12H13N5O3. The first-order valence-corrected chi connectivity index (χ1v) is 5.72. The molecule has 0 radical (unpaired) electrons. The van der Waals surface area contributed by atoms with Crippen molar-refractivity contribution in [3.05, 3.63) is 41.7 Å². The normalized spacial score (nSPS) is 10.1. The number of aryl methyl sites for hydroxylation is 1. The molecule has 1 aromatic carbocycles. The van der Waals surface area contributed by atoms with E-state index < -0.39 is 5.97 Å². The van der Waals surface area contributed by atoms with Gasteiger partial charge in [0.05, 0.1) is 6.20 Å². The average Bonchev–Trinajstić information content (AvgIpc) is 2.96. The van der Waals surface area contributed by atoms with Gasteiger partial charge in [-0.25, -0.2) is 4.79 Å². The van der Waals surface area contributed by atoms with E-state index in [1.807, 2.05) is 12.1 Å². The van der Waals surface area contributed by atoms with Gasteiger partial charge in [0, 0.05) is 12.7 Å². The molecule has 0 aliphatic carbocycles. The number of fused-ring (bicyclic) bond motifs is 1. The van der Waals surface area contributed by atoms with Crippen LogP contribution in [0.5, 0.6) is 0 Å². The van der Waals surface area contributed by atoms with E-state index in [-0.39, 0.29) is 5.56 Å². The van der Waals surface area contributed by atoms with Gasteiger partial charge in [0.25, 0.3) is 0 Å². The predicted octanol–water partition coefficient (Wildman–Crippen LogP) is 1.10. The highest BCUT2D eigenvalue weighted by atomic mass is 16.5. The Kier molecular flexibility index (Phi) is 3.65. The molecule has 0 unspecified atom stereocenters. The van der Waals surface area contributed by atoms with Crippen molar-refractivity contribution in [1.82, 2.24) is 24.9 Å². The number of para-hydroxylation sites is 1. The van der Waals surface area contributed by atoms with Crippen LogP contribution in [0, 0.1) is 6.92 Å². The monoisotopic (exact) mass is 275 g/mol. The SMILES string of the molecule is Cc1c(C(=O)O)cnn1C.On1nnc2ccccc21. The number of aromatic nitrogens is 5. The van der Waals surface area contributed by atoms with Gasteiger partial charge in [-0.05, 0) is 24.3 Å². The van der Waals surface area contributed by atoms with Gasteiger partial charge in [-0.3, -0.25) is 4.68 Å². The maximum absolute atomic E-state index is 10.4. The smallest absolute Gasteiger partial charge is 0.339 e. The molecule has 3 rings (SSSR count). The third kappa shape index (κ3) is 2.58. The number of carboxylic acids is 1. The summed E-state index contributed by atoms with van der Waals surface area (Å²) < 4.78 is 1.53. The summed E-state index contributed by atoms with van der Waals surface area (Å²) in [6.07, 6.45) is 1.34. The molecule has 2 aromatic heterocycles. The first-order valence-electron chi connectivity index (χ1n) is 5.72. The number of carbonyl (C=O) groups is 1. The van der Waals surface area contributed by atoms with Crippen LogP contribution in [0.2, 0.25) is 0 Å². The van der Waals surface area contributed by atoms with E-state index in [1.165, 1.54) is 10.9 Å². The van der Waals surface area contributed by atoms with Crippen molar-refractivity contribution >= 4 is 17.0 Å². The maximum atomic E-state index is 10.4. The number of hydrogen-bond donors (Lipinski definition) is 2. The minimum absolute atomic E-state index is 0.266. The van der Waals surface area contributed by atoms with Gasteiger partial charge in [0.2, 0.25) is 0 Å². The Hall–Kier alpha value is -2.90. The quantitative estimate of drug-likeness (QED) is 0.644. The van der Waals surface area contributed by atoms with E-state index >= 15 is 0 Å². The van der Waals surface area contributed by atoms with Crippen LogP contribution in [0.25, 0.3) is 11.0 Å². The second-order valence-electron chi connectivity index (χ2n) is 4.04. The highest BCUT2D eigenvalue weighted by molar-refractivity contribution is 5.88. The van der Waals surface area contributed by atoms with Crippen LogP contribution in [-0.4, -0.2) is 41.2 Å². The Morgan fingerprint density at radius 2 is 2.00 bits per heavy atom. The van der Waals surface area contributed by atoms with Crippen LogP contribution in [0.3, 0.4) is 0 Å². The van der Waals surface area contributed by atoms with Gasteiger partial charge in [-0.15, -0.1) is 5.10 Å². The molecule has 0 fully saturated rings. The number of carboxylic acid groups (broad SMARTS) is 1. The van der Waals surface area contributed by atoms with Gasteiger partial charge in [0.1, 0.15) is 16.6 Å². The fourth-order valence-corrected chi connectivity index (χ4v) is 1.57. The lowest BCUT2D eigenvalue weighted by atomic mass is 10.3. The Bertz CT molecular complexity index is 746. The zero-order chi connectivity index (χ0) is 14.7. The number of benzene rings is 1. The molecule has 0 bridgehead atoms. The van der Waals surface area contributed by atoms with Gasteiger partial charge < -0.3 is 10.3 Å². The van der Waals surface area contributed by atoms with Crippen molar-refractivity contribution in [2.24, 2.45) is 7.05 Å². The molecule has 8 heteroatoms. The summed E-state index contributed by atoms with van der Waals surface area (Å²) in [7, 11) is 1.71. The minimum atomic E-state index is -0.925. The summed E-state index contributed by atoms with van der Waals surface area (Å²) in [6, 6.07) is 7.19. The van der Waals surface area contributed by atoms with Crippen LogP contribution in [0.4, 0.5) is 0 Å². The van der Waals surface area contributed by atoms with Gasteiger partial charge in [0.15, 0.2) is 0 Å². The number of rotatable bonds is 1. The van der Waals surface area contributed by atoms with Gasteiger partial charge in [-0.2, -0.15) is 5.10 Å². The summed E-state index contributed by atoms with van der Waals surface area (Å²) in [5.41, 5.74) is 2.27. The van der Waals surface area contributed by atoms with Crippen molar-refractivity contribution in [2.45, 2.75) is 6.92 Å². The molecule has 0 amide bonds. The Labute approximate surface area is 113 Å². The van der Waals surface area contributed by atoms with Crippen molar-refractivity contribution in [2.75, 3.05) is 0 Å². The summed E-state index contributed by atoms with van der Waals surface area (Å²) in [5.74, 6) is -0.925. The first kappa shape index (κ1) is 13.5. The zero-order valence-electron chi connectivity index (χ0n) is 10.9. The van der Waals surface area contributed by atoms with Crippen LogP contribution >= 0.6 is 0 Å².